The molecule has 0 saturated carbocycles. The highest BCUT2D eigenvalue weighted by Gasteiger charge is 2.22. The van der Waals surface area contributed by atoms with Gasteiger partial charge in [0, 0.05) is 17.6 Å². The van der Waals surface area contributed by atoms with Crippen molar-refractivity contribution in [2.45, 2.75) is 45.2 Å². The van der Waals surface area contributed by atoms with Crippen LogP contribution in [0.2, 0.25) is 5.02 Å². The third-order valence-electron chi connectivity index (χ3n) is 3.90. The number of methoxy groups -OCH3 is 1. The highest BCUT2D eigenvalue weighted by Crippen LogP contribution is 2.36. The first-order chi connectivity index (χ1) is 11.0. The van der Waals surface area contributed by atoms with Gasteiger partial charge in [-0.15, -0.1) is 0 Å². The van der Waals surface area contributed by atoms with Crippen molar-refractivity contribution < 1.29 is 14.3 Å². The van der Waals surface area contributed by atoms with Crippen LogP contribution in [0.15, 0.2) is 12.1 Å². The van der Waals surface area contributed by atoms with Crippen molar-refractivity contribution in [1.82, 2.24) is 10.6 Å². The van der Waals surface area contributed by atoms with Gasteiger partial charge in [-0.3, -0.25) is 4.79 Å². The van der Waals surface area contributed by atoms with Crippen molar-refractivity contribution in [1.29, 1.82) is 0 Å². The van der Waals surface area contributed by atoms with Crippen LogP contribution >= 0.6 is 11.6 Å². The highest BCUT2D eigenvalue weighted by atomic mass is 35.5. The van der Waals surface area contributed by atoms with Crippen LogP contribution in [0.5, 0.6) is 11.5 Å². The molecule has 2 atom stereocenters. The summed E-state index contributed by atoms with van der Waals surface area (Å²) in [6, 6.07) is 3.91. The zero-order valence-electron chi connectivity index (χ0n) is 13.9. The number of halogens is 1. The average Bonchev–Trinajstić information content (AvgIpc) is 2.53. The topological polar surface area (TPSA) is 59.6 Å². The molecule has 0 radical (unpaired) electrons. The van der Waals surface area contributed by atoms with Crippen LogP contribution < -0.4 is 20.1 Å². The first-order valence-electron chi connectivity index (χ1n) is 8.09. The van der Waals surface area contributed by atoms with Crippen molar-refractivity contribution in [2.75, 3.05) is 20.3 Å². The molecule has 1 fully saturated rings. The second-order valence-electron chi connectivity index (χ2n) is 5.89. The van der Waals surface area contributed by atoms with Crippen molar-refractivity contribution in [3.63, 3.8) is 0 Å². The van der Waals surface area contributed by atoms with Gasteiger partial charge in [0.25, 0.3) is 5.91 Å². The number of carbonyl (C=O) groups is 1. The largest absolute Gasteiger partial charge is 0.493 e. The fraction of sp³-hybridized carbons (Fsp3) is 0.588. The molecule has 23 heavy (non-hydrogen) atoms. The Morgan fingerprint density at radius 1 is 1.48 bits per heavy atom. The number of rotatable bonds is 6. The van der Waals surface area contributed by atoms with Gasteiger partial charge in [0.15, 0.2) is 11.5 Å². The summed E-state index contributed by atoms with van der Waals surface area (Å²) < 4.78 is 10.9. The van der Waals surface area contributed by atoms with E-state index in [-0.39, 0.29) is 11.9 Å². The molecule has 1 heterocycles. The number of nitrogens with one attached hydrogen (secondary N) is 2. The van der Waals surface area contributed by atoms with Gasteiger partial charge in [0.2, 0.25) is 0 Å². The van der Waals surface area contributed by atoms with E-state index >= 15 is 0 Å². The van der Waals surface area contributed by atoms with E-state index in [1.54, 1.807) is 19.2 Å². The van der Waals surface area contributed by atoms with Crippen molar-refractivity contribution in [3.8, 4) is 11.5 Å². The molecular formula is C17H25ClN2O3. The molecule has 5 nitrogen and oxygen atoms in total. The molecule has 1 aliphatic rings. The molecule has 6 heteroatoms. The lowest BCUT2D eigenvalue weighted by molar-refractivity contribution is 0.0925. The van der Waals surface area contributed by atoms with Gasteiger partial charge in [-0.05, 0) is 44.9 Å². The van der Waals surface area contributed by atoms with E-state index < -0.39 is 0 Å². The predicted molar refractivity (Wildman–Crippen MR) is 91.7 cm³/mol. The van der Waals surface area contributed by atoms with Crippen molar-refractivity contribution in [3.05, 3.63) is 22.7 Å². The molecule has 0 aliphatic carbocycles. The number of benzene rings is 1. The normalized spacial score (nSPS) is 20.9. The number of ether oxygens (including phenoxy) is 2. The summed E-state index contributed by atoms with van der Waals surface area (Å²) in [7, 11) is 1.54. The second-order valence-corrected chi connectivity index (χ2v) is 6.30. The Morgan fingerprint density at radius 3 is 2.91 bits per heavy atom. The Morgan fingerprint density at radius 2 is 2.26 bits per heavy atom. The summed E-state index contributed by atoms with van der Waals surface area (Å²) in [5.41, 5.74) is 0.488. The number of carbonyl (C=O) groups excluding carboxylic acids is 1. The third kappa shape index (κ3) is 4.75. The monoisotopic (exact) mass is 340 g/mol. The van der Waals surface area contributed by atoms with E-state index in [0.717, 1.165) is 25.8 Å². The molecule has 1 saturated heterocycles. The zero-order valence-corrected chi connectivity index (χ0v) is 14.7. The van der Waals surface area contributed by atoms with E-state index in [9.17, 15) is 4.79 Å². The lowest BCUT2D eigenvalue weighted by Crippen LogP contribution is -2.46. The van der Waals surface area contributed by atoms with E-state index in [4.69, 9.17) is 21.1 Å². The van der Waals surface area contributed by atoms with Crippen LogP contribution in [0, 0.1) is 0 Å². The Bertz CT molecular complexity index is 551. The van der Waals surface area contributed by atoms with Crippen LogP contribution in [0.1, 0.15) is 43.5 Å². The molecule has 1 amide bonds. The number of amides is 1. The van der Waals surface area contributed by atoms with E-state index in [1.807, 2.05) is 6.92 Å². The van der Waals surface area contributed by atoms with E-state index in [1.165, 1.54) is 0 Å². The SMILES string of the molecule is CCCOc1c(Cl)cc(C(=O)NC2CCNC(C)C2)cc1OC. The molecule has 0 bridgehead atoms. The van der Waals surface area contributed by atoms with E-state index in [2.05, 4.69) is 17.6 Å². The molecule has 0 aromatic heterocycles. The van der Waals surface area contributed by atoms with Crippen LogP contribution in [0.3, 0.4) is 0 Å². The minimum absolute atomic E-state index is 0.133. The number of hydrogen-bond donors (Lipinski definition) is 2. The smallest absolute Gasteiger partial charge is 0.251 e. The number of piperidine rings is 1. The summed E-state index contributed by atoms with van der Waals surface area (Å²) in [5.74, 6) is 0.837. The molecule has 0 spiro atoms. The van der Waals surface area contributed by atoms with Crippen LogP contribution in [-0.4, -0.2) is 38.3 Å². The molecule has 2 unspecified atom stereocenters. The Labute approximate surface area is 142 Å². The average molecular weight is 341 g/mol. The molecule has 2 N–H and O–H groups in total. The van der Waals surface area contributed by atoms with Crippen molar-refractivity contribution in [2.24, 2.45) is 0 Å². The Hall–Kier alpha value is -1.46. The fourth-order valence-electron chi connectivity index (χ4n) is 2.73. The summed E-state index contributed by atoms with van der Waals surface area (Å²) in [6.45, 7) is 5.61. The molecule has 1 aliphatic heterocycles. The van der Waals surface area contributed by atoms with Crippen LogP contribution in [0.4, 0.5) is 0 Å². The summed E-state index contributed by atoms with van der Waals surface area (Å²) in [4.78, 5) is 12.5. The molecule has 1 aromatic rings. The second kappa shape index (κ2) is 8.41. The first-order valence-corrected chi connectivity index (χ1v) is 8.47. The lowest BCUT2D eigenvalue weighted by atomic mass is 10.00. The van der Waals surface area contributed by atoms with E-state index in [0.29, 0.717) is 34.7 Å². The molecule has 2 rings (SSSR count). The van der Waals surface area contributed by atoms with Crippen LogP contribution in [0.25, 0.3) is 0 Å². The van der Waals surface area contributed by atoms with Gasteiger partial charge in [0.1, 0.15) is 0 Å². The van der Waals surface area contributed by atoms with Gasteiger partial charge in [0.05, 0.1) is 18.7 Å². The third-order valence-corrected chi connectivity index (χ3v) is 4.18. The summed E-state index contributed by atoms with van der Waals surface area (Å²) in [5, 5.41) is 6.83. The minimum atomic E-state index is -0.133. The Kier molecular flexibility index (Phi) is 6.54. The maximum Gasteiger partial charge on any atom is 0.251 e. The van der Waals surface area contributed by atoms with Gasteiger partial charge >= 0.3 is 0 Å². The quantitative estimate of drug-likeness (QED) is 0.835. The molecule has 1 aromatic carbocycles. The summed E-state index contributed by atoms with van der Waals surface area (Å²) >= 11 is 6.26. The standard InChI is InChI=1S/C17H25ClN2O3/c1-4-7-23-16-14(18)9-12(10-15(16)22-3)17(21)20-13-5-6-19-11(2)8-13/h9-11,13,19H,4-8H2,1-3H3,(H,20,21). The first kappa shape index (κ1) is 17.9. The van der Waals surface area contributed by atoms with Crippen molar-refractivity contribution >= 4 is 17.5 Å². The Balaban J connectivity index is 2.12. The van der Waals surface area contributed by atoms with Crippen LogP contribution in [-0.2, 0) is 0 Å². The predicted octanol–water partition coefficient (Wildman–Crippen LogP) is 3.01. The van der Waals surface area contributed by atoms with Gasteiger partial charge in [-0.1, -0.05) is 18.5 Å². The molecular weight excluding hydrogens is 316 g/mol. The number of hydrogen-bond acceptors (Lipinski definition) is 4. The maximum atomic E-state index is 12.5. The molecule has 128 valence electrons. The van der Waals surface area contributed by atoms with Gasteiger partial charge in [-0.25, -0.2) is 0 Å². The maximum absolute atomic E-state index is 12.5. The summed E-state index contributed by atoms with van der Waals surface area (Å²) in [6.07, 6.45) is 2.72. The zero-order chi connectivity index (χ0) is 16.8. The minimum Gasteiger partial charge on any atom is -0.493 e. The van der Waals surface area contributed by atoms with Gasteiger partial charge < -0.3 is 20.1 Å². The van der Waals surface area contributed by atoms with Gasteiger partial charge in [-0.2, -0.15) is 0 Å². The lowest BCUT2D eigenvalue weighted by Gasteiger charge is -2.28. The highest BCUT2D eigenvalue weighted by molar-refractivity contribution is 6.32. The fourth-order valence-corrected chi connectivity index (χ4v) is 2.99.